The molecule has 1 unspecified atom stereocenters. The first kappa shape index (κ1) is 23.9. The number of hydrogen-bond donors (Lipinski definition) is 1. The van der Waals surface area contributed by atoms with E-state index >= 15 is 0 Å². The molecule has 1 aliphatic rings. The average molecular weight is 441 g/mol. The lowest BCUT2D eigenvalue weighted by molar-refractivity contribution is 0.0932. The molecule has 0 spiro atoms. The van der Waals surface area contributed by atoms with Crippen LogP contribution in [0.15, 0.2) is 30.3 Å². The fraction of sp³-hybridized carbons (Fsp3) is 0.500. The molecule has 0 bridgehead atoms. The normalized spacial score (nSPS) is 16.5. The Kier molecular flexibility index (Phi) is 8.39. The number of piperidine rings is 1. The van der Waals surface area contributed by atoms with Gasteiger partial charge in [-0.25, -0.2) is 0 Å². The van der Waals surface area contributed by atoms with Gasteiger partial charge in [0.1, 0.15) is 17.2 Å². The predicted octanol–water partition coefficient (Wildman–Crippen LogP) is 4.01. The number of carbonyl (C=O) groups is 1. The minimum absolute atomic E-state index is 0.0938. The molecule has 174 valence electrons. The van der Waals surface area contributed by atoms with Crippen LogP contribution >= 0.6 is 0 Å². The number of methoxy groups -OCH3 is 3. The van der Waals surface area contributed by atoms with Crippen molar-refractivity contribution in [3.8, 4) is 17.2 Å². The molecule has 1 amide bonds. The topological polar surface area (TPSA) is 60.0 Å². The van der Waals surface area contributed by atoms with Gasteiger partial charge in [-0.2, -0.15) is 0 Å². The number of ether oxygens (including phenoxy) is 3. The largest absolute Gasteiger partial charge is 0.497 e. The number of hydrogen-bond acceptors (Lipinski definition) is 5. The van der Waals surface area contributed by atoms with E-state index in [2.05, 4.69) is 36.2 Å². The molecule has 0 saturated carbocycles. The quantitative estimate of drug-likeness (QED) is 0.638. The third-order valence-corrected chi connectivity index (χ3v) is 6.53. The van der Waals surface area contributed by atoms with Gasteiger partial charge in [-0.3, -0.25) is 4.79 Å². The smallest absolute Gasteiger partial charge is 0.251 e. The Labute approximate surface area is 191 Å². The monoisotopic (exact) mass is 440 g/mol. The van der Waals surface area contributed by atoms with Crippen molar-refractivity contribution < 1.29 is 19.0 Å². The number of nitrogens with one attached hydrogen (secondary N) is 1. The zero-order valence-electron chi connectivity index (χ0n) is 20.0. The van der Waals surface area contributed by atoms with Crippen LogP contribution in [0.5, 0.6) is 17.2 Å². The Bertz CT molecular complexity index is 906. The van der Waals surface area contributed by atoms with Crippen molar-refractivity contribution in [2.24, 2.45) is 5.92 Å². The second-order valence-corrected chi connectivity index (χ2v) is 8.55. The minimum Gasteiger partial charge on any atom is -0.497 e. The van der Waals surface area contributed by atoms with E-state index in [0.29, 0.717) is 29.5 Å². The Morgan fingerprint density at radius 3 is 2.41 bits per heavy atom. The van der Waals surface area contributed by atoms with Crippen LogP contribution < -0.4 is 19.5 Å². The number of amides is 1. The maximum absolute atomic E-state index is 12.7. The van der Waals surface area contributed by atoms with Gasteiger partial charge < -0.3 is 24.4 Å². The highest BCUT2D eigenvalue weighted by molar-refractivity contribution is 5.95. The second kappa shape index (κ2) is 11.2. The summed E-state index contributed by atoms with van der Waals surface area (Å²) in [7, 11) is 4.89. The summed E-state index contributed by atoms with van der Waals surface area (Å²) in [5, 5.41) is 3.10. The van der Waals surface area contributed by atoms with E-state index in [1.54, 1.807) is 39.5 Å². The van der Waals surface area contributed by atoms with E-state index in [1.807, 2.05) is 0 Å². The first-order chi connectivity index (χ1) is 15.4. The Balaban J connectivity index is 1.52. The summed E-state index contributed by atoms with van der Waals surface area (Å²) < 4.78 is 16.0. The molecule has 0 radical (unpaired) electrons. The first-order valence-electron chi connectivity index (χ1n) is 11.3. The van der Waals surface area contributed by atoms with E-state index in [1.165, 1.54) is 16.7 Å². The Hall–Kier alpha value is -2.73. The Morgan fingerprint density at radius 1 is 1.03 bits per heavy atom. The van der Waals surface area contributed by atoms with Crippen molar-refractivity contribution in [1.29, 1.82) is 0 Å². The lowest BCUT2D eigenvalue weighted by atomic mass is 9.96. The zero-order chi connectivity index (χ0) is 23.1. The van der Waals surface area contributed by atoms with Gasteiger partial charge in [-0.15, -0.1) is 0 Å². The van der Waals surface area contributed by atoms with Crippen LogP contribution in [0, 0.1) is 19.8 Å². The van der Waals surface area contributed by atoms with E-state index in [0.717, 1.165) is 44.6 Å². The van der Waals surface area contributed by atoms with Crippen LogP contribution in [0.2, 0.25) is 0 Å². The van der Waals surface area contributed by atoms with E-state index in [9.17, 15) is 4.79 Å². The summed E-state index contributed by atoms with van der Waals surface area (Å²) in [6.07, 6.45) is 3.33. The van der Waals surface area contributed by atoms with Crippen LogP contribution in [-0.4, -0.2) is 58.3 Å². The van der Waals surface area contributed by atoms with Crippen molar-refractivity contribution in [2.45, 2.75) is 33.1 Å². The summed E-state index contributed by atoms with van der Waals surface area (Å²) in [6, 6.07) is 9.50. The molecule has 3 rings (SSSR count). The Morgan fingerprint density at radius 2 is 1.75 bits per heavy atom. The molecule has 6 nitrogen and oxygen atoms in total. The van der Waals surface area contributed by atoms with Crippen LogP contribution in [0.25, 0.3) is 0 Å². The summed E-state index contributed by atoms with van der Waals surface area (Å²) in [6.45, 7) is 8.13. The maximum atomic E-state index is 12.7. The molecule has 1 atom stereocenters. The SMILES string of the molecule is COc1cc(OC)cc(C(=O)NCC2CCCN(CCc3ccc(OC)c(C)c3C)C2)c1. The number of benzene rings is 2. The van der Waals surface area contributed by atoms with Gasteiger partial charge in [0, 0.05) is 31.3 Å². The predicted molar refractivity (Wildman–Crippen MR) is 127 cm³/mol. The highest BCUT2D eigenvalue weighted by Crippen LogP contribution is 2.25. The number of nitrogens with zero attached hydrogens (tertiary/aromatic N) is 1. The molecule has 1 fully saturated rings. The minimum atomic E-state index is -0.0938. The van der Waals surface area contributed by atoms with Gasteiger partial charge in [-0.05, 0) is 80.5 Å². The first-order valence-corrected chi connectivity index (χ1v) is 11.3. The van der Waals surface area contributed by atoms with Crippen molar-refractivity contribution in [1.82, 2.24) is 10.2 Å². The van der Waals surface area contributed by atoms with Gasteiger partial charge in [-0.1, -0.05) is 6.07 Å². The molecule has 1 aliphatic heterocycles. The van der Waals surface area contributed by atoms with Crippen LogP contribution in [0.1, 0.15) is 39.9 Å². The second-order valence-electron chi connectivity index (χ2n) is 8.55. The average Bonchev–Trinajstić information content (AvgIpc) is 2.83. The third kappa shape index (κ3) is 5.94. The van der Waals surface area contributed by atoms with Crippen LogP contribution in [0.4, 0.5) is 0 Å². The van der Waals surface area contributed by atoms with Crippen molar-refractivity contribution in [3.05, 3.63) is 52.6 Å². The summed E-state index contributed by atoms with van der Waals surface area (Å²) >= 11 is 0. The molecule has 2 aromatic carbocycles. The van der Waals surface area contributed by atoms with E-state index in [-0.39, 0.29) is 5.91 Å². The van der Waals surface area contributed by atoms with E-state index in [4.69, 9.17) is 14.2 Å². The highest BCUT2D eigenvalue weighted by atomic mass is 16.5. The zero-order valence-corrected chi connectivity index (χ0v) is 20.0. The van der Waals surface area contributed by atoms with Gasteiger partial charge in [0.25, 0.3) is 5.91 Å². The van der Waals surface area contributed by atoms with Crippen LogP contribution in [-0.2, 0) is 6.42 Å². The maximum Gasteiger partial charge on any atom is 0.251 e. The highest BCUT2D eigenvalue weighted by Gasteiger charge is 2.21. The molecule has 32 heavy (non-hydrogen) atoms. The van der Waals surface area contributed by atoms with E-state index < -0.39 is 0 Å². The number of rotatable bonds is 9. The number of likely N-dealkylation sites (tertiary alicyclic amines) is 1. The third-order valence-electron chi connectivity index (χ3n) is 6.53. The van der Waals surface area contributed by atoms with Crippen LogP contribution in [0.3, 0.4) is 0 Å². The standard InChI is InChI=1S/C26H36N2O4/c1-18-19(2)25(32-5)9-8-21(18)10-12-28-11-6-7-20(17-28)16-27-26(29)22-13-23(30-3)15-24(14-22)31-4/h8-9,13-15,20H,6-7,10-12,16-17H2,1-5H3,(H,27,29). The molecular formula is C26H36N2O4. The van der Waals surface area contributed by atoms with Crippen molar-refractivity contribution in [2.75, 3.05) is 47.5 Å². The van der Waals surface area contributed by atoms with Crippen molar-refractivity contribution >= 4 is 5.91 Å². The lowest BCUT2D eigenvalue weighted by Crippen LogP contribution is -2.41. The molecule has 1 N–H and O–H groups in total. The molecule has 1 saturated heterocycles. The molecular weight excluding hydrogens is 404 g/mol. The molecule has 0 aromatic heterocycles. The molecule has 2 aromatic rings. The molecule has 1 heterocycles. The van der Waals surface area contributed by atoms with Gasteiger partial charge in [0.2, 0.25) is 0 Å². The fourth-order valence-corrected chi connectivity index (χ4v) is 4.42. The van der Waals surface area contributed by atoms with Gasteiger partial charge in [0.05, 0.1) is 21.3 Å². The summed E-state index contributed by atoms with van der Waals surface area (Å²) in [5.41, 5.74) is 4.47. The fourth-order valence-electron chi connectivity index (χ4n) is 4.42. The van der Waals surface area contributed by atoms with Gasteiger partial charge in [0.15, 0.2) is 0 Å². The summed E-state index contributed by atoms with van der Waals surface area (Å²) in [5.74, 6) is 2.54. The van der Waals surface area contributed by atoms with Crippen molar-refractivity contribution in [3.63, 3.8) is 0 Å². The number of carbonyl (C=O) groups excluding carboxylic acids is 1. The lowest BCUT2D eigenvalue weighted by Gasteiger charge is -2.33. The molecule has 0 aliphatic carbocycles. The molecule has 6 heteroatoms. The van der Waals surface area contributed by atoms with Gasteiger partial charge >= 0.3 is 0 Å². The summed E-state index contributed by atoms with van der Waals surface area (Å²) in [4.78, 5) is 15.2.